The van der Waals surface area contributed by atoms with Crippen LogP contribution in [0.4, 0.5) is 0 Å². The minimum absolute atomic E-state index is 0. The number of para-hydroxylation sites is 1. The Morgan fingerprint density at radius 3 is 2.52 bits per heavy atom. The predicted molar refractivity (Wildman–Crippen MR) is 93.5 cm³/mol. The number of nitrogens with one attached hydrogen (secondary N) is 2. The molecule has 0 fully saturated rings. The van der Waals surface area contributed by atoms with Crippen molar-refractivity contribution in [1.29, 1.82) is 0 Å². The molecule has 1 aromatic carbocycles. The van der Waals surface area contributed by atoms with E-state index in [1.54, 1.807) is 4.68 Å². The van der Waals surface area contributed by atoms with Crippen molar-refractivity contribution in [1.82, 2.24) is 25.4 Å². The third kappa shape index (κ3) is 5.33. The van der Waals surface area contributed by atoms with E-state index in [1.807, 2.05) is 37.3 Å². The van der Waals surface area contributed by atoms with E-state index in [1.165, 1.54) is 0 Å². The Bertz CT molecular complexity index is 600. The van der Waals surface area contributed by atoms with Crippen LogP contribution in [0.3, 0.4) is 0 Å². The average Bonchev–Trinajstić information content (AvgIpc) is 3.00. The summed E-state index contributed by atoms with van der Waals surface area (Å²) in [5.41, 5.74) is 0.913. The molecule has 0 atom stereocenters. The number of benzene rings is 1. The van der Waals surface area contributed by atoms with Gasteiger partial charge in [0, 0.05) is 19.5 Å². The van der Waals surface area contributed by atoms with Gasteiger partial charge in [0.05, 0.1) is 5.69 Å². The topological polar surface area (TPSA) is 71.8 Å². The van der Waals surface area contributed by atoms with Gasteiger partial charge in [-0.1, -0.05) is 32.0 Å². The quantitative estimate of drug-likeness (QED) is 0.722. The maximum Gasteiger partial charge on any atom is 0.291 e. The lowest BCUT2D eigenvalue weighted by Crippen LogP contribution is -2.32. The molecule has 0 radical (unpaired) electrons. The van der Waals surface area contributed by atoms with Gasteiger partial charge in [-0.25, -0.2) is 9.67 Å². The molecular formula is C16H24ClN5O. The van der Waals surface area contributed by atoms with Crippen molar-refractivity contribution in [2.24, 2.45) is 0 Å². The van der Waals surface area contributed by atoms with Gasteiger partial charge in [-0.05, 0) is 25.1 Å². The number of carbonyl (C=O) groups is 1. The van der Waals surface area contributed by atoms with Crippen LogP contribution in [0.2, 0.25) is 0 Å². The van der Waals surface area contributed by atoms with E-state index in [0.717, 1.165) is 31.0 Å². The van der Waals surface area contributed by atoms with Gasteiger partial charge in [0.2, 0.25) is 5.82 Å². The first-order valence-electron chi connectivity index (χ1n) is 7.76. The Balaban J connectivity index is 0.00000264. The fourth-order valence-corrected chi connectivity index (χ4v) is 2.09. The van der Waals surface area contributed by atoms with Crippen molar-refractivity contribution in [3.63, 3.8) is 0 Å². The molecule has 0 aliphatic carbocycles. The molecule has 1 heterocycles. The second-order valence-corrected chi connectivity index (χ2v) is 4.96. The van der Waals surface area contributed by atoms with Crippen molar-refractivity contribution >= 4 is 18.3 Å². The maximum absolute atomic E-state index is 12.1. The Kier molecular flexibility index (Phi) is 8.29. The van der Waals surface area contributed by atoms with Gasteiger partial charge in [-0.2, -0.15) is 0 Å². The minimum atomic E-state index is -0.234. The zero-order valence-corrected chi connectivity index (χ0v) is 14.4. The summed E-state index contributed by atoms with van der Waals surface area (Å²) >= 11 is 0. The van der Waals surface area contributed by atoms with E-state index in [4.69, 9.17) is 0 Å². The molecular weight excluding hydrogens is 314 g/mol. The molecule has 2 N–H and O–H groups in total. The summed E-state index contributed by atoms with van der Waals surface area (Å²) < 4.78 is 1.73. The largest absolute Gasteiger partial charge is 0.348 e. The van der Waals surface area contributed by atoms with Gasteiger partial charge in [-0.3, -0.25) is 4.79 Å². The number of aromatic nitrogens is 3. The molecule has 0 unspecified atom stereocenters. The molecule has 7 heteroatoms. The molecule has 6 nitrogen and oxygen atoms in total. The Morgan fingerprint density at radius 2 is 1.87 bits per heavy atom. The molecule has 0 bridgehead atoms. The number of halogens is 1. The summed E-state index contributed by atoms with van der Waals surface area (Å²) in [6.07, 6.45) is 1.80. The number of nitrogens with zero attached hydrogens (tertiary/aromatic N) is 3. The highest BCUT2D eigenvalue weighted by molar-refractivity contribution is 5.90. The summed E-state index contributed by atoms with van der Waals surface area (Å²) in [6.45, 7) is 6.38. The lowest BCUT2D eigenvalue weighted by atomic mass is 10.3. The van der Waals surface area contributed by atoms with Gasteiger partial charge in [0.1, 0.15) is 5.82 Å². The van der Waals surface area contributed by atoms with Gasteiger partial charge >= 0.3 is 0 Å². The first-order chi connectivity index (χ1) is 10.8. The van der Waals surface area contributed by atoms with Crippen LogP contribution in [0.5, 0.6) is 0 Å². The van der Waals surface area contributed by atoms with Gasteiger partial charge in [0.25, 0.3) is 5.91 Å². The highest BCUT2D eigenvalue weighted by atomic mass is 35.5. The highest BCUT2D eigenvalue weighted by Gasteiger charge is 2.15. The maximum atomic E-state index is 12.1. The van der Waals surface area contributed by atoms with Crippen LogP contribution in [-0.2, 0) is 6.42 Å². The summed E-state index contributed by atoms with van der Waals surface area (Å²) in [4.78, 5) is 16.5. The zero-order valence-electron chi connectivity index (χ0n) is 13.6. The molecule has 0 aliphatic heterocycles. The summed E-state index contributed by atoms with van der Waals surface area (Å²) in [5.74, 6) is 0.763. The lowest BCUT2D eigenvalue weighted by Gasteiger charge is -2.04. The van der Waals surface area contributed by atoms with Crippen LogP contribution >= 0.6 is 12.4 Å². The third-order valence-corrected chi connectivity index (χ3v) is 3.21. The van der Waals surface area contributed by atoms with E-state index in [9.17, 15) is 4.79 Å². The molecule has 2 rings (SSSR count). The second kappa shape index (κ2) is 9.97. The SMILES string of the molecule is CCCNCCNC(=O)c1nc(CC)n(-c2ccccc2)n1.Cl. The Morgan fingerprint density at radius 1 is 1.13 bits per heavy atom. The number of hydrogen-bond donors (Lipinski definition) is 2. The minimum Gasteiger partial charge on any atom is -0.348 e. The van der Waals surface area contributed by atoms with Crippen molar-refractivity contribution in [3.05, 3.63) is 42.0 Å². The molecule has 0 saturated heterocycles. The fourth-order valence-electron chi connectivity index (χ4n) is 2.09. The van der Waals surface area contributed by atoms with E-state index < -0.39 is 0 Å². The summed E-state index contributed by atoms with van der Waals surface area (Å²) in [6, 6.07) is 9.72. The molecule has 2 aromatic rings. The number of carbonyl (C=O) groups excluding carboxylic acids is 1. The van der Waals surface area contributed by atoms with Crippen molar-refractivity contribution in [3.8, 4) is 5.69 Å². The number of hydrogen-bond acceptors (Lipinski definition) is 4. The molecule has 0 saturated carbocycles. The van der Waals surface area contributed by atoms with Crippen LogP contribution in [0.15, 0.2) is 30.3 Å². The first kappa shape index (κ1) is 19.1. The Hall–Kier alpha value is -1.92. The summed E-state index contributed by atoms with van der Waals surface area (Å²) in [7, 11) is 0. The number of amides is 1. The molecule has 0 aliphatic rings. The van der Waals surface area contributed by atoms with E-state index in [0.29, 0.717) is 13.0 Å². The van der Waals surface area contributed by atoms with Crippen LogP contribution in [0, 0.1) is 0 Å². The summed E-state index contributed by atoms with van der Waals surface area (Å²) in [5, 5.41) is 10.4. The van der Waals surface area contributed by atoms with E-state index in [-0.39, 0.29) is 24.1 Å². The standard InChI is InChI=1S/C16H23N5O.ClH/c1-3-10-17-11-12-18-16(22)15-19-14(4-2)21(20-15)13-8-6-5-7-9-13;/h5-9,17H,3-4,10-12H2,1-2H3,(H,18,22);1H. The smallest absolute Gasteiger partial charge is 0.291 e. The van der Waals surface area contributed by atoms with Crippen molar-refractivity contribution in [2.45, 2.75) is 26.7 Å². The highest BCUT2D eigenvalue weighted by Crippen LogP contribution is 2.10. The molecule has 1 amide bonds. The van der Waals surface area contributed by atoms with Gasteiger partial charge in [-0.15, -0.1) is 17.5 Å². The fraction of sp³-hybridized carbons (Fsp3) is 0.438. The third-order valence-electron chi connectivity index (χ3n) is 3.21. The lowest BCUT2D eigenvalue weighted by molar-refractivity contribution is 0.0943. The normalized spacial score (nSPS) is 10.2. The van der Waals surface area contributed by atoms with Crippen molar-refractivity contribution in [2.75, 3.05) is 19.6 Å². The molecule has 23 heavy (non-hydrogen) atoms. The van der Waals surface area contributed by atoms with Gasteiger partial charge < -0.3 is 10.6 Å². The average molecular weight is 338 g/mol. The van der Waals surface area contributed by atoms with Crippen LogP contribution in [-0.4, -0.2) is 40.3 Å². The van der Waals surface area contributed by atoms with E-state index >= 15 is 0 Å². The number of rotatable bonds is 8. The second-order valence-electron chi connectivity index (χ2n) is 4.96. The molecule has 0 spiro atoms. The monoisotopic (exact) mass is 337 g/mol. The molecule has 126 valence electrons. The van der Waals surface area contributed by atoms with Crippen LogP contribution in [0.25, 0.3) is 5.69 Å². The number of aryl methyl sites for hydroxylation is 1. The van der Waals surface area contributed by atoms with Gasteiger partial charge in [0.15, 0.2) is 0 Å². The first-order valence-corrected chi connectivity index (χ1v) is 7.76. The van der Waals surface area contributed by atoms with Crippen molar-refractivity contribution < 1.29 is 4.79 Å². The van der Waals surface area contributed by atoms with E-state index in [2.05, 4.69) is 27.6 Å². The predicted octanol–water partition coefficient (Wildman–Crippen LogP) is 1.98. The Labute approximate surface area is 143 Å². The molecule has 1 aromatic heterocycles. The van der Waals surface area contributed by atoms with Crippen LogP contribution in [0.1, 0.15) is 36.7 Å². The van der Waals surface area contributed by atoms with Crippen LogP contribution < -0.4 is 10.6 Å². The zero-order chi connectivity index (χ0) is 15.8.